The first-order valence-corrected chi connectivity index (χ1v) is 6.16. The maximum absolute atomic E-state index is 12.8. The van der Waals surface area contributed by atoms with Gasteiger partial charge in [-0.05, 0) is 42.7 Å². The summed E-state index contributed by atoms with van der Waals surface area (Å²) in [5.41, 5.74) is 4.99. The molecule has 2 aromatic carbocycles. The lowest BCUT2D eigenvalue weighted by Crippen LogP contribution is -2.13. The molecule has 2 aromatic rings. The van der Waals surface area contributed by atoms with Crippen molar-refractivity contribution in [3.05, 3.63) is 70.5 Å². The van der Waals surface area contributed by atoms with Crippen molar-refractivity contribution in [2.75, 3.05) is 0 Å². The van der Waals surface area contributed by atoms with Crippen LogP contribution in [0.2, 0.25) is 0 Å². The summed E-state index contributed by atoms with van der Waals surface area (Å²) in [4.78, 5) is 0. The van der Waals surface area contributed by atoms with Crippen molar-refractivity contribution >= 4 is 0 Å². The summed E-state index contributed by atoms with van der Waals surface area (Å²) in [6.07, 6.45) is 0. The lowest BCUT2D eigenvalue weighted by atomic mass is 10.1. The van der Waals surface area contributed by atoms with E-state index in [2.05, 4.69) is 37.4 Å². The molecule has 1 nitrogen and oxygen atoms in total. The molecule has 0 amide bonds. The number of hydrogen-bond donors (Lipinski definition) is 1. The summed E-state index contributed by atoms with van der Waals surface area (Å²) in [5.74, 6) is -0.187. The highest BCUT2D eigenvalue weighted by Gasteiger charge is 1.99. The molecule has 2 heteroatoms. The summed E-state index contributed by atoms with van der Waals surface area (Å²) < 4.78 is 12.8. The molecular weight excluding hydrogens is 225 g/mol. The maximum Gasteiger partial charge on any atom is 0.123 e. The van der Waals surface area contributed by atoms with E-state index >= 15 is 0 Å². The van der Waals surface area contributed by atoms with Crippen molar-refractivity contribution in [1.82, 2.24) is 5.32 Å². The Labute approximate surface area is 108 Å². The molecule has 0 atom stereocenters. The van der Waals surface area contributed by atoms with Crippen molar-refractivity contribution in [1.29, 1.82) is 0 Å². The van der Waals surface area contributed by atoms with Crippen LogP contribution in [0.3, 0.4) is 0 Å². The van der Waals surface area contributed by atoms with Crippen LogP contribution in [0.5, 0.6) is 0 Å². The molecule has 0 heterocycles. The molecule has 94 valence electrons. The summed E-state index contributed by atoms with van der Waals surface area (Å²) in [5, 5.41) is 3.38. The SMILES string of the molecule is Cc1ccc(C)c(CNCc2ccc(F)cc2)c1. The van der Waals surface area contributed by atoms with Gasteiger partial charge in [0.2, 0.25) is 0 Å². The molecule has 0 bridgehead atoms. The summed E-state index contributed by atoms with van der Waals surface area (Å²) in [6.45, 7) is 5.82. The zero-order chi connectivity index (χ0) is 13.0. The van der Waals surface area contributed by atoms with Crippen molar-refractivity contribution in [3.8, 4) is 0 Å². The van der Waals surface area contributed by atoms with E-state index in [4.69, 9.17) is 0 Å². The minimum absolute atomic E-state index is 0.187. The van der Waals surface area contributed by atoms with Gasteiger partial charge < -0.3 is 5.32 Å². The van der Waals surface area contributed by atoms with E-state index in [1.807, 2.05) is 12.1 Å². The average Bonchev–Trinajstić information content (AvgIpc) is 2.36. The first kappa shape index (κ1) is 12.8. The van der Waals surface area contributed by atoms with Gasteiger partial charge in [-0.1, -0.05) is 35.9 Å². The molecule has 1 N–H and O–H groups in total. The van der Waals surface area contributed by atoms with Crippen LogP contribution in [0.15, 0.2) is 42.5 Å². The number of nitrogens with one attached hydrogen (secondary N) is 1. The second-order valence-corrected chi connectivity index (χ2v) is 4.66. The fourth-order valence-corrected chi connectivity index (χ4v) is 1.93. The van der Waals surface area contributed by atoms with Crippen molar-refractivity contribution in [2.24, 2.45) is 0 Å². The second kappa shape index (κ2) is 5.78. The van der Waals surface area contributed by atoms with Gasteiger partial charge >= 0.3 is 0 Å². The predicted octanol–water partition coefficient (Wildman–Crippen LogP) is 3.73. The number of halogens is 1. The Kier molecular flexibility index (Phi) is 4.11. The zero-order valence-electron chi connectivity index (χ0n) is 10.8. The van der Waals surface area contributed by atoms with E-state index in [9.17, 15) is 4.39 Å². The summed E-state index contributed by atoms with van der Waals surface area (Å²) in [7, 11) is 0. The summed E-state index contributed by atoms with van der Waals surface area (Å²) in [6, 6.07) is 13.1. The number of rotatable bonds is 4. The Hall–Kier alpha value is -1.67. The third-order valence-electron chi connectivity index (χ3n) is 3.06. The van der Waals surface area contributed by atoms with Gasteiger partial charge in [0.15, 0.2) is 0 Å². The lowest BCUT2D eigenvalue weighted by Gasteiger charge is -2.09. The molecule has 18 heavy (non-hydrogen) atoms. The molecule has 0 aromatic heterocycles. The predicted molar refractivity (Wildman–Crippen MR) is 72.9 cm³/mol. The summed E-state index contributed by atoms with van der Waals surface area (Å²) >= 11 is 0. The van der Waals surface area contributed by atoms with Gasteiger partial charge in [-0.3, -0.25) is 0 Å². The molecule has 0 saturated carbocycles. The standard InChI is InChI=1S/C16H18FN/c1-12-3-4-13(2)15(9-12)11-18-10-14-5-7-16(17)8-6-14/h3-9,18H,10-11H2,1-2H3. The van der Waals surface area contributed by atoms with Crippen molar-refractivity contribution in [3.63, 3.8) is 0 Å². The number of benzene rings is 2. The Balaban J connectivity index is 1.92. The molecular formula is C16H18FN. The van der Waals surface area contributed by atoms with Gasteiger partial charge in [0.05, 0.1) is 0 Å². The topological polar surface area (TPSA) is 12.0 Å². The number of aryl methyl sites for hydroxylation is 2. The first-order chi connectivity index (χ1) is 8.65. The van der Waals surface area contributed by atoms with Crippen LogP contribution in [0.4, 0.5) is 4.39 Å². The van der Waals surface area contributed by atoms with Gasteiger partial charge in [-0.2, -0.15) is 0 Å². The second-order valence-electron chi connectivity index (χ2n) is 4.66. The number of hydrogen-bond acceptors (Lipinski definition) is 1. The smallest absolute Gasteiger partial charge is 0.123 e. The molecule has 0 aliphatic rings. The van der Waals surface area contributed by atoms with Crippen LogP contribution in [0.25, 0.3) is 0 Å². The van der Waals surface area contributed by atoms with Crippen LogP contribution in [0, 0.1) is 19.7 Å². The van der Waals surface area contributed by atoms with Crippen LogP contribution >= 0.6 is 0 Å². The highest BCUT2D eigenvalue weighted by molar-refractivity contribution is 5.30. The Morgan fingerprint density at radius 3 is 2.39 bits per heavy atom. The highest BCUT2D eigenvalue weighted by Crippen LogP contribution is 2.10. The van der Waals surface area contributed by atoms with E-state index in [0.717, 1.165) is 18.7 Å². The maximum atomic E-state index is 12.8. The average molecular weight is 243 g/mol. The van der Waals surface area contributed by atoms with E-state index < -0.39 is 0 Å². The Morgan fingerprint density at radius 2 is 1.67 bits per heavy atom. The molecule has 0 aliphatic heterocycles. The van der Waals surface area contributed by atoms with Crippen LogP contribution in [-0.4, -0.2) is 0 Å². The van der Waals surface area contributed by atoms with Crippen LogP contribution in [0.1, 0.15) is 22.3 Å². The fraction of sp³-hybridized carbons (Fsp3) is 0.250. The van der Waals surface area contributed by atoms with Gasteiger partial charge in [-0.25, -0.2) is 4.39 Å². The van der Waals surface area contributed by atoms with E-state index in [1.54, 1.807) is 0 Å². The van der Waals surface area contributed by atoms with Crippen molar-refractivity contribution in [2.45, 2.75) is 26.9 Å². The molecule has 0 aliphatic carbocycles. The van der Waals surface area contributed by atoms with Crippen molar-refractivity contribution < 1.29 is 4.39 Å². The highest BCUT2D eigenvalue weighted by atomic mass is 19.1. The van der Waals surface area contributed by atoms with E-state index in [-0.39, 0.29) is 5.82 Å². The van der Waals surface area contributed by atoms with Gasteiger partial charge in [0.1, 0.15) is 5.82 Å². The Morgan fingerprint density at radius 1 is 0.944 bits per heavy atom. The zero-order valence-corrected chi connectivity index (χ0v) is 10.8. The molecule has 2 rings (SSSR count). The normalized spacial score (nSPS) is 10.6. The van der Waals surface area contributed by atoms with E-state index in [0.29, 0.717) is 0 Å². The minimum atomic E-state index is -0.187. The van der Waals surface area contributed by atoms with E-state index in [1.165, 1.54) is 28.8 Å². The fourth-order valence-electron chi connectivity index (χ4n) is 1.93. The minimum Gasteiger partial charge on any atom is -0.309 e. The molecule has 0 spiro atoms. The third kappa shape index (κ3) is 3.41. The molecule has 0 fully saturated rings. The lowest BCUT2D eigenvalue weighted by molar-refractivity contribution is 0.625. The molecule has 0 radical (unpaired) electrons. The molecule has 0 unspecified atom stereocenters. The van der Waals surface area contributed by atoms with Crippen LogP contribution < -0.4 is 5.32 Å². The first-order valence-electron chi connectivity index (χ1n) is 6.16. The Bertz CT molecular complexity index is 517. The monoisotopic (exact) mass is 243 g/mol. The quantitative estimate of drug-likeness (QED) is 0.862. The van der Waals surface area contributed by atoms with Gasteiger partial charge in [0, 0.05) is 13.1 Å². The molecule has 0 saturated heterocycles. The van der Waals surface area contributed by atoms with Gasteiger partial charge in [0.25, 0.3) is 0 Å². The largest absolute Gasteiger partial charge is 0.309 e. The van der Waals surface area contributed by atoms with Gasteiger partial charge in [-0.15, -0.1) is 0 Å². The van der Waals surface area contributed by atoms with Crippen LogP contribution in [-0.2, 0) is 13.1 Å². The third-order valence-corrected chi connectivity index (χ3v) is 3.06.